The van der Waals surface area contributed by atoms with Gasteiger partial charge in [-0.25, -0.2) is 0 Å². The van der Waals surface area contributed by atoms with E-state index in [2.05, 4.69) is 5.32 Å². The number of benzene rings is 1. The summed E-state index contributed by atoms with van der Waals surface area (Å²) in [5.41, 5.74) is -3.65. The first-order valence-corrected chi connectivity index (χ1v) is 8.40. The van der Waals surface area contributed by atoms with E-state index in [-0.39, 0.29) is 29.4 Å². The van der Waals surface area contributed by atoms with Gasteiger partial charge >= 0.3 is 12.1 Å². The molecule has 0 radical (unpaired) electrons. The van der Waals surface area contributed by atoms with Gasteiger partial charge in [0.2, 0.25) is 5.75 Å². The number of ether oxygens (including phenoxy) is 3. The highest BCUT2D eigenvalue weighted by molar-refractivity contribution is 7.80. The lowest BCUT2D eigenvalue weighted by molar-refractivity contribution is -0.292. The zero-order valence-corrected chi connectivity index (χ0v) is 15.9. The molecule has 1 aromatic carbocycles. The maximum atomic E-state index is 13.7. The van der Waals surface area contributed by atoms with E-state index in [1.54, 1.807) is 5.32 Å². The Morgan fingerprint density at radius 1 is 1.29 bits per heavy atom. The lowest BCUT2D eigenvalue weighted by Gasteiger charge is -2.45. The van der Waals surface area contributed by atoms with E-state index in [4.69, 9.17) is 26.4 Å². The molecule has 156 valence electrons. The highest BCUT2D eigenvalue weighted by Crippen LogP contribution is 2.46. The minimum absolute atomic E-state index is 0.0380. The summed E-state index contributed by atoms with van der Waals surface area (Å²) in [4.78, 5) is 12.4. The Hall–Kier alpha value is -2.47. The Kier molecular flexibility index (Phi) is 6.14. The fourth-order valence-corrected chi connectivity index (χ4v) is 3.19. The number of hydrogen-bond acceptors (Lipinski definition) is 7. The first-order valence-electron chi connectivity index (χ1n) is 7.99. The fourth-order valence-electron chi connectivity index (χ4n) is 2.91. The van der Waals surface area contributed by atoms with Gasteiger partial charge in [0, 0.05) is 0 Å². The number of aromatic hydroxyl groups is 1. The summed E-state index contributed by atoms with van der Waals surface area (Å²) in [7, 11) is 2.46. The van der Waals surface area contributed by atoms with E-state index in [0.717, 1.165) is 0 Å². The van der Waals surface area contributed by atoms with Gasteiger partial charge in [0.1, 0.15) is 5.92 Å². The molecule has 1 aliphatic rings. The van der Waals surface area contributed by atoms with Crippen molar-refractivity contribution in [1.82, 2.24) is 10.6 Å². The molecule has 3 atom stereocenters. The quantitative estimate of drug-likeness (QED) is 0.411. The number of phenols is 1. The lowest BCUT2D eigenvalue weighted by atomic mass is 9.82. The van der Waals surface area contributed by atoms with Gasteiger partial charge in [0.15, 0.2) is 16.6 Å². The number of carbonyl (C=O) groups excluding carboxylic acids is 1. The largest absolute Gasteiger partial charge is 0.502 e. The van der Waals surface area contributed by atoms with Crippen molar-refractivity contribution < 1.29 is 42.4 Å². The number of thiocarbonyl (C=S) groups is 1. The molecule has 0 saturated carbocycles. The summed E-state index contributed by atoms with van der Waals surface area (Å²) in [5, 5.41) is 24.2. The Bertz CT molecular complexity index is 750. The molecule has 0 aromatic heterocycles. The van der Waals surface area contributed by atoms with Crippen molar-refractivity contribution in [3.8, 4) is 17.2 Å². The number of esters is 1. The average molecular weight is 424 g/mol. The summed E-state index contributed by atoms with van der Waals surface area (Å²) in [6.45, 7) is 1.21. The molecule has 1 aromatic rings. The van der Waals surface area contributed by atoms with Crippen LogP contribution < -0.4 is 20.1 Å². The van der Waals surface area contributed by atoms with Gasteiger partial charge in [-0.2, -0.15) is 13.2 Å². The number of alkyl halides is 3. The lowest BCUT2D eigenvalue weighted by Crippen LogP contribution is -2.73. The minimum atomic E-state index is -5.26. The summed E-state index contributed by atoms with van der Waals surface area (Å²) < 4.78 is 55.9. The van der Waals surface area contributed by atoms with Crippen LogP contribution in [-0.2, 0) is 9.53 Å². The van der Waals surface area contributed by atoms with Crippen molar-refractivity contribution in [2.24, 2.45) is 5.92 Å². The van der Waals surface area contributed by atoms with Crippen LogP contribution >= 0.6 is 12.2 Å². The van der Waals surface area contributed by atoms with Crippen molar-refractivity contribution in [1.29, 1.82) is 0 Å². The molecule has 0 amide bonds. The number of halogens is 3. The first kappa shape index (κ1) is 21.8. The first-order chi connectivity index (χ1) is 13.0. The predicted octanol–water partition coefficient (Wildman–Crippen LogP) is 1.36. The maximum absolute atomic E-state index is 13.7. The predicted molar refractivity (Wildman–Crippen MR) is 93.9 cm³/mol. The second-order valence-electron chi connectivity index (χ2n) is 5.84. The molecule has 1 fully saturated rings. The zero-order chi connectivity index (χ0) is 21.3. The number of phenolic OH excluding ortho intramolecular Hbond substituents is 1. The summed E-state index contributed by atoms with van der Waals surface area (Å²) in [6.07, 6.45) is -5.26. The van der Waals surface area contributed by atoms with Crippen LogP contribution in [0.15, 0.2) is 12.1 Å². The van der Waals surface area contributed by atoms with Crippen molar-refractivity contribution in [2.45, 2.75) is 24.9 Å². The van der Waals surface area contributed by atoms with E-state index >= 15 is 0 Å². The molecule has 1 aliphatic heterocycles. The van der Waals surface area contributed by atoms with Gasteiger partial charge in [-0.15, -0.1) is 0 Å². The van der Waals surface area contributed by atoms with Gasteiger partial charge in [0.25, 0.3) is 5.72 Å². The normalized spacial score (nSPS) is 24.8. The van der Waals surface area contributed by atoms with E-state index in [9.17, 15) is 28.2 Å². The summed E-state index contributed by atoms with van der Waals surface area (Å²) >= 11 is 4.81. The topological polar surface area (TPSA) is 109 Å². The number of rotatable bonds is 5. The third-order valence-corrected chi connectivity index (χ3v) is 4.43. The second-order valence-corrected chi connectivity index (χ2v) is 6.25. The molecule has 0 bridgehead atoms. The number of carbonyl (C=O) groups is 1. The van der Waals surface area contributed by atoms with Gasteiger partial charge in [-0.1, -0.05) is 0 Å². The molecule has 2 rings (SSSR count). The highest BCUT2D eigenvalue weighted by atomic mass is 32.1. The number of methoxy groups -OCH3 is 2. The van der Waals surface area contributed by atoms with E-state index < -0.39 is 34.9 Å². The van der Waals surface area contributed by atoms with Crippen LogP contribution in [0.25, 0.3) is 0 Å². The highest BCUT2D eigenvalue weighted by Gasteiger charge is 2.66. The summed E-state index contributed by atoms with van der Waals surface area (Å²) in [6, 6.07) is 0.932. The fraction of sp³-hybridized carbons (Fsp3) is 0.500. The molecular formula is C16H19F3N2O6S. The zero-order valence-electron chi connectivity index (χ0n) is 15.1. The van der Waals surface area contributed by atoms with Crippen molar-refractivity contribution >= 4 is 23.3 Å². The Morgan fingerprint density at radius 3 is 2.25 bits per heavy atom. The average Bonchev–Trinajstić information content (AvgIpc) is 2.60. The molecule has 8 nitrogen and oxygen atoms in total. The molecule has 12 heteroatoms. The van der Waals surface area contributed by atoms with Crippen LogP contribution in [0.5, 0.6) is 17.2 Å². The third-order valence-electron chi connectivity index (χ3n) is 4.21. The monoisotopic (exact) mass is 424 g/mol. The SMILES string of the molecule is CCOC(=O)[C@@H]1[C@H](c2cc(OC)c(O)c(OC)c2)NC(=S)N[C@@]1(O)C(F)(F)F. The third kappa shape index (κ3) is 3.74. The van der Waals surface area contributed by atoms with Crippen LogP contribution in [0.3, 0.4) is 0 Å². The standard InChI is InChI=1S/C16H19F3N2O6S/c1-4-27-13(23)10-11(20-14(28)21-15(10,24)16(17,18)19)7-5-8(25-2)12(22)9(6-7)26-3/h5-6,10-11,22,24H,4H2,1-3H3,(H2,20,21,28)/t10-,11-,15-/m0/s1. The molecule has 1 saturated heterocycles. The number of nitrogens with one attached hydrogen (secondary N) is 2. The van der Waals surface area contributed by atoms with E-state index in [1.807, 2.05) is 0 Å². The molecule has 28 heavy (non-hydrogen) atoms. The van der Waals surface area contributed by atoms with Gasteiger partial charge in [-0.05, 0) is 36.8 Å². The van der Waals surface area contributed by atoms with E-state index in [1.165, 1.54) is 33.3 Å². The van der Waals surface area contributed by atoms with Gasteiger partial charge < -0.3 is 35.1 Å². The summed E-state index contributed by atoms with van der Waals surface area (Å²) in [5.74, 6) is -4.08. The van der Waals surface area contributed by atoms with Crippen LogP contribution in [-0.4, -0.2) is 54.0 Å². The molecule has 1 heterocycles. The maximum Gasteiger partial charge on any atom is 0.437 e. The molecule has 0 spiro atoms. The minimum Gasteiger partial charge on any atom is -0.502 e. The molecular weight excluding hydrogens is 405 g/mol. The van der Waals surface area contributed by atoms with Crippen LogP contribution in [0, 0.1) is 5.92 Å². The number of hydrogen-bond donors (Lipinski definition) is 4. The second kappa shape index (κ2) is 7.87. The number of aliphatic hydroxyl groups is 1. The van der Waals surface area contributed by atoms with Gasteiger partial charge in [0.05, 0.1) is 26.9 Å². The van der Waals surface area contributed by atoms with Gasteiger partial charge in [-0.3, -0.25) is 4.79 Å². The van der Waals surface area contributed by atoms with Crippen molar-refractivity contribution in [3.05, 3.63) is 17.7 Å². The van der Waals surface area contributed by atoms with Crippen LogP contribution in [0.4, 0.5) is 13.2 Å². The van der Waals surface area contributed by atoms with Crippen LogP contribution in [0.1, 0.15) is 18.5 Å². The molecule has 0 unspecified atom stereocenters. The smallest absolute Gasteiger partial charge is 0.437 e. The Labute approximate surface area is 163 Å². The van der Waals surface area contributed by atoms with E-state index in [0.29, 0.717) is 0 Å². The van der Waals surface area contributed by atoms with Crippen LogP contribution in [0.2, 0.25) is 0 Å². The molecule has 4 N–H and O–H groups in total. The Morgan fingerprint density at radius 2 is 1.82 bits per heavy atom. The Balaban J connectivity index is 2.68. The molecule has 0 aliphatic carbocycles. The van der Waals surface area contributed by atoms with Crippen molar-refractivity contribution in [2.75, 3.05) is 20.8 Å². The van der Waals surface area contributed by atoms with Crippen molar-refractivity contribution in [3.63, 3.8) is 0 Å².